The fraction of sp³-hybridized carbons (Fsp3) is 0.579. The van der Waals surface area contributed by atoms with E-state index in [0.717, 1.165) is 47.8 Å². The van der Waals surface area contributed by atoms with E-state index in [9.17, 15) is 14.4 Å². The summed E-state index contributed by atoms with van der Waals surface area (Å²) in [4.78, 5) is 40.4. The first kappa shape index (κ1) is 21.2. The molecule has 2 atom stereocenters. The van der Waals surface area contributed by atoms with Crippen LogP contribution in [-0.2, 0) is 4.79 Å². The summed E-state index contributed by atoms with van der Waals surface area (Å²) in [6, 6.07) is -0.372. The van der Waals surface area contributed by atoms with Crippen LogP contribution < -0.4 is 16.4 Å². The molecule has 0 bridgehead atoms. The molecule has 0 spiro atoms. The van der Waals surface area contributed by atoms with Crippen molar-refractivity contribution in [2.45, 2.75) is 64.4 Å². The number of carbonyl (C=O) groups is 3. The van der Waals surface area contributed by atoms with Gasteiger partial charge in [-0.2, -0.15) is 0 Å². The van der Waals surface area contributed by atoms with E-state index in [2.05, 4.69) is 22.5 Å². The molecular weight excluding hydrogens is 364 g/mol. The summed E-state index contributed by atoms with van der Waals surface area (Å²) in [7, 11) is 0. The third-order valence-electron chi connectivity index (χ3n) is 5.23. The Kier molecular flexibility index (Phi) is 7.24. The summed E-state index contributed by atoms with van der Waals surface area (Å²) in [6.07, 6.45) is 4.29. The first-order valence-corrected chi connectivity index (χ1v) is 10.2. The number of carbonyl (C=O) groups excluding carboxylic acids is 3. The van der Waals surface area contributed by atoms with Crippen molar-refractivity contribution in [2.75, 3.05) is 5.75 Å². The average molecular weight is 393 g/mol. The van der Waals surface area contributed by atoms with Crippen molar-refractivity contribution in [3.63, 3.8) is 0 Å². The van der Waals surface area contributed by atoms with Gasteiger partial charge in [-0.25, -0.2) is 9.78 Å². The summed E-state index contributed by atoms with van der Waals surface area (Å²) in [5, 5.41) is 5.65. The van der Waals surface area contributed by atoms with Gasteiger partial charge < -0.3 is 11.1 Å². The van der Waals surface area contributed by atoms with Crippen LogP contribution in [0.4, 0.5) is 4.79 Å². The quantitative estimate of drug-likeness (QED) is 0.667. The van der Waals surface area contributed by atoms with Crippen molar-refractivity contribution < 1.29 is 14.4 Å². The predicted molar refractivity (Wildman–Crippen MR) is 106 cm³/mol. The van der Waals surface area contributed by atoms with Gasteiger partial charge in [-0.1, -0.05) is 31.5 Å². The number of rotatable bonds is 5. The number of urea groups is 1. The van der Waals surface area contributed by atoms with Crippen molar-refractivity contribution in [1.29, 1.82) is 0 Å². The number of imide groups is 1. The van der Waals surface area contributed by atoms with Gasteiger partial charge in [0.2, 0.25) is 5.91 Å². The lowest BCUT2D eigenvalue weighted by molar-refractivity contribution is -0.117. The Bertz CT molecular complexity index is 751. The maximum Gasteiger partial charge on any atom is 0.321 e. The number of hydrogen-bond donors (Lipinski definition) is 3. The minimum atomic E-state index is -0.574. The molecule has 0 aromatic carbocycles. The second-order valence-electron chi connectivity index (χ2n) is 7.17. The first-order valence-electron chi connectivity index (χ1n) is 9.21. The molecule has 0 radical (unpaired) electrons. The topological polar surface area (TPSA) is 114 Å². The smallest absolute Gasteiger partial charge is 0.321 e. The molecule has 0 saturated heterocycles. The van der Waals surface area contributed by atoms with Gasteiger partial charge in [-0.3, -0.25) is 14.9 Å². The molecule has 1 aliphatic carbocycles. The van der Waals surface area contributed by atoms with Crippen LogP contribution in [0.5, 0.6) is 0 Å². The lowest BCUT2D eigenvalue weighted by atomic mass is 9.86. The van der Waals surface area contributed by atoms with Crippen LogP contribution in [0.25, 0.3) is 0 Å². The maximum atomic E-state index is 12.1. The van der Waals surface area contributed by atoms with Crippen LogP contribution in [0.3, 0.4) is 0 Å². The second kappa shape index (κ2) is 9.21. The SMILES string of the molecule is Cc1nc(SCC(=O)NC(=O)NC2CCCCC2C)c(C(N)=O)c(C)c1C. The van der Waals surface area contributed by atoms with Crippen molar-refractivity contribution in [2.24, 2.45) is 11.7 Å². The molecular formula is C19H28N4O3S. The number of nitrogens with one attached hydrogen (secondary N) is 2. The van der Waals surface area contributed by atoms with Crippen molar-refractivity contribution in [1.82, 2.24) is 15.6 Å². The largest absolute Gasteiger partial charge is 0.366 e. The van der Waals surface area contributed by atoms with E-state index in [-0.39, 0.29) is 11.8 Å². The molecule has 7 nitrogen and oxygen atoms in total. The molecule has 4 N–H and O–H groups in total. The maximum absolute atomic E-state index is 12.1. The van der Waals surface area contributed by atoms with Gasteiger partial charge in [-0.05, 0) is 50.7 Å². The Morgan fingerprint density at radius 3 is 2.44 bits per heavy atom. The van der Waals surface area contributed by atoms with Crippen molar-refractivity contribution >= 4 is 29.6 Å². The standard InChI is InChI=1S/C19H28N4O3S/c1-10-7-5-6-8-14(10)22-19(26)23-15(24)9-27-18-16(17(20)25)12(3)11(2)13(4)21-18/h10,14H,5-9H2,1-4H3,(H2,20,25)(H2,22,23,24,26). The number of primary amides is 1. The number of thioether (sulfide) groups is 1. The highest BCUT2D eigenvalue weighted by Gasteiger charge is 2.24. The summed E-state index contributed by atoms with van der Waals surface area (Å²) in [5.74, 6) is -0.623. The molecule has 4 amide bonds. The number of nitrogens with two attached hydrogens (primary N) is 1. The summed E-state index contributed by atoms with van der Waals surface area (Å²) >= 11 is 1.11. The van der Waals surface area contributed by atoms with E-state index in [4.69, 9.17) is 5.73 Å². The van der Waals surface area contributed by atoms with Crippen LogP contribution in [0.15, 0.2) is 5.03 Å². The molecule has 1 saturated carbocycles. The molecule has 1 heterocycles. The third kappa shape index (κ3) is 5.45. The van der Waals surface area contributed by atoms with Crippen LogP contribution >= 0.6 is 11.8 Å². The highest BCUT2D eigenvalue weighted by Crippen LogP contribution is 2.27. The highest BCUT2D eigenvalue weighted by molar-refractivity contribution is 8.00. The second-order valence-corrected chi connectivity index (χ2v) is 8.13. The number of hydrogen-bond acceptors (Lipinski definition) is 5. The average Bonchev–Trinajstić information content (AvgIpc) is 2.59. The normalized spacial score (nSPS) is 19.4. The molecule has 2 rings (SSSR count). The fourth-order valence-electron chi connectivity index (χ4n) is 3.34. The van der Waals surface area contributed by atoms with Crippen LogP contribution in [0, 0.1) is 26.7 Å². The van der Waals surface area contributed by atoms with Gasteiger partial charge in [0.05, 0.1) is 11.3 Å². The van der Waals surface area contributed by atoms with E-state index in [1.165, 1.54) is 6.42 Å². The van der Waals surface area contributed by atoms with Crippen molar-refractivity contribution in [3.8, 4) is 0 Å². The third-order valence-corrected chi connectivity index (χ3v) is 6.21. The number of nitrogens with zero attached hydrogens (tertiary/aromatic N) is 1. The number of aryl methyl sites for hydroxylation is 1. The zero-order valence-electron chi connectivity index (χ0n) is 16.3. The Labute approximate surface area is 164 Å². The van der Waals surface area contributed by atoms with Gasteiger partial charge >= 0.3 is 6.03 Å². The fourth-order valence-corrected chi connectivity index (χ4v) is 4.28. The number of pyridine rings is 1. The monoisotopic (exact) mass is 392 g/mol. The van der Waals surface area contributed by atoms with Gasteiger partial charge in [0.15, 0.2) is 0 Å². The first-order chi connectivity index (χ1) is 12.7. The Morgan fingerprint density at radius 2 is 1.81 bits per heavy atom. The van der Waals surface area contributed by atoms with Gasteiger partial charge in [0.25, 0.3) is 5.91 Å². The zero-order valence-corrected chi connectivity index (χ0v) is 17.2. The van der Waals surface area contributed by atoms with E-state index >= 15 is 0 Å². The Hall–Kier alpha value is -2.09. The number of aromatic nitrogens is 1. The molecule has 1 aromatic rings. The van der Waals surface area contributed by atoms with Crippen LogP contribution in [0.1, 0.15) is 59.8 Å². The van der Waals surface area contributed by atoms with Gasteiger partial charge in [-0.15, -0.1) is 0 Å². The van der Waals surface area contributed by atoms with E-state index in [1.54, 1.807) is 0 Å². The Balaban J connectivity index is 1.95. The van der Waals surface area contributed by atoms with Gasteiger partial charge in [0, 0.05) is 11.7 Å². The van der Waals surface area contributed by atoms with E-state index < -0.39 is 17.8 Å². The lowest BCUT2D eigenvalue weighted by Crippen LogP contribution is -2.48. The summed E-state index contributed by atoms with van der Waals surface area (Å²) in [6.45, 7) is 7.64. The van der Waals surface area contributed by atoms with E-state index in [1.807, 2.05) is 20.8 Å². The molecule has 0 aliphatic heterocycles. The minimum Gasteiger partial charge on any atom is -0.366 e. The minimum absolute atomic E-state index is 0.0249. The number of amides is 4. The lowest BCUT2D eigenvalue weighted by Gasteiger charge is -2.29. The summed E-state index contributed by atoms with van der Waals surface area (Å²) in [5.41, 5.74) is 8.26. The predicted octanol–water partition coefficient (Wildman–Crippen LogP) is 2.60. The van der Waals surface area contributed by atoms with Crippen molar-refractivity contribution in [3.05, 3.63) is 22.4 Å². The Morgan fingerprint density at radius 1 is 1.15 bits per heavy atom. The molecule has 27 heavy (non-hydrogen) atoms. The zero-order chi connectivity index (χ0) is 20.1. The van der Waals surface area contributed by atoms with Crippen LogP contribution in [-0.4, -0.2) is 34.6 Å². The molecule has 2 unspecified atom stereocenters. The van der Waals surface area contributed by atoms with Gasteiger partial charge in [0.1, 0.15) is 5.03 Å². The van der Waals surface area contributed by atoms with E-state index in [0.29, 0.717) is 16.5 Å². The molecule has 1 aromatic heterocycles. The highest BCUT2D eigenvalue weighted by atomic mass is 32.2. The summed E-state index contributed by atoms with van der Waals surface area (Å²) < 4.78 is 0. The molecule has 148 valence electrons. The molecule has 8 heteroatoms. The molecule has 1 fully saturated rings. The van der Waals surface area contributed by atoms with Crippen LogP contribution in [0.2, 0.25) is 0 Å². The molecule has 1 aliphatic rings.